The number of H-pyrrole nitrogens is 1. The number of hydrogen-bond donors (Lipinski definition) is 2. The van der Waals surface area contributed by atoms with Gasteiger partial charge in [-0.3, -0.25) is 0 Å². The first-order valence-corrected chi connectivity index (χ1v) is 9.72. The summed E-state index contributed by atoms with van der Waals surface area (Å²) in [6.07, 6.45) is 3.64. The molecule has 0 saturated carbocycles. The van der Waals surface area contributed by atoms with Crippen LogP contribution in [0.5, 0.6) is 0 Å². The Morgan fingerprint density at radius 2 is 1.79 bits per heavy atom. The number of hydrogen-bond acceptors (Lipinski definition) is 4. The molecule has 0 atom stereocenters. The van der Waals surface area contributed by atoms with E-state index in [9.17, 15) is 0 Å². The molecule has 5 rings (SSSR count). The Bertz CT molecular complexity index is 1280. The minimum atomic E-state index is 0.503. The highest BCUT2D eigenvalue weighted by Crippen LogP contribution is 2.34. The lowest BCUT2D eigenvalue weighted by molar-refractivity contribution is 0.867. The monoisotopic (exact) mass is 382 g/mol. The molecule has 0 saturated heterocycles. The van der Waals surface area contributed by atoms with Crippen LogP contribution in [0.2, 0.25) is 0 Å². The third-order valence-corrected chi connectivity index (χ3v) is 5.24. The molecule has 6 nitrogen and oxygen atoms in total. The number of aryl methyl sites for hydroxylation is 1. The number of nitrogens with zero attached hydrogens (tertiary/aromatic N) is 4. The van der Waals surface area contributed by atoms with Gasteiger partial charge in [-0.25, -0.2) is 15.0 Å². The number of nitrogens with one attached hydrogen (secondary N) is 2. The van der Waals surface area contributed by atoms with Crippen LogP contribution in [-0.2, 0) is 7.05 Å². The minimum absolute atomic E-state index is 0.503. The lowest BCUT2D eigenvalue weighted by Gasteiger charge is -2.10. The van der Waals surface area contributed by atoms with E-state index in [0.717, 1.165) is 45.0 Å². The van der Waals surface area contributed by atoms with E-state index in [0.29, 0.717) is 5.92 Å². The van der Waals surface area contributed by atoms with Crippen molar-refractivity contribution in [1.29, 1.82) is 0 Å². The average molecular weight is 382 g/mol. The summed E-state index contributed by atoms with van der Waals surface area (Å²) in [5.41, 5.74) is 6.09. The van der Waals surface area contributed by atoms with E-state index < -0.39 is 0 Å². The van der Waals surface area contributed by atoms with E-state index in [1.165, 1.54) is 5.56 Å². The van der Waals surface area contributed by atoms with Crippen molar-refractivity contribution in [3.63, 3.8) is 0 Å². The molecular formula is C23H22N6. The van der Waals surface area contributed by atoms with Crippen LogP contribution >= 0.6 is 0 Å². The summed E-state index contributed by atoms with van der Waals surface area (Å²) in [6, 6.07) is 16.5. The predicted octanol–water partition coefficient (Wildman–Crippen LogP) is 5.38. The molecule has 144 valence electrons. The molecule has 3 aromatic heterocycles. The van der Waals surface area contributed by atoms with Crippen LogP contribution in [0.1, 0.15) is 25.3 Å². The summed E-state index contributed by atoms with van der Waals surface area (Å²) in [4.78, 5) is 17.2. The van der Waals surface area contributed by atoms with Crippen LogP contribution in [0.15, 0.2) is 61.1 Å². The van der Waals surface area contributed by atoms with Crippen LogP contribution < -0.4 is 5.32 Å². The van der Waals surface area contributed by atoms with Crippen LogP contribution in [0, 0.1) is 0 Å². The van der Waals surface area contributed by atoms with Crippen molar-refractivity contribution >= 4 is 33.6 Å². The molecule has 0 bridgehead atoms. The third-order valence-electron chi connectivity index (χ3n) is 5.24. The molecular weight excluding hydrogens is 360 g/mol. The highest BCUT2D eigenvalue weighted by molar-refractivity contribution is 6.01. The molecule has 5 aromatic rings. The van der Waals surface area contributed by atoms with Crippen molar-refractivity contribution in [1.82, 2.24) is 24.5 Å². The number of fused-ring (bicyclic) bond motifs is 2. The second-order valence-electron chi connectivity index (χ2n) is 7.58. The summed E-state index contributed by atoms with van der Waals surface area (Å²) < 4.78 is 2.01. The van der Waals surface area contributed by atoms with Crippen LogP contribution in [-0.4, -0.2) is 24.5 Å². The second kappa shape index (κ2) is 6.74. The normalized spacial score (nSPS) is 11.6. The maximum atomic E-state index is 4.77. The summed E-state index contributed by atoms with van der Waals surface area (Å²) in [5, 5.41) is 4.41. The summed E-state index contributed by atoms with van der Waals surface area (Å²) in [5.74, 6) is 2.08. The fourth-order valence-electron chi connectivity index (χ4n) is 3.65. The summed E-state index contributed by atoms with van der Waals surface area (Å²) >= 11 is 0. The fourth-order valence-corrected chi connectivity index (χ4v) is 3.65. The topological polar surface area (TPSA) is 71.4 Å². The Labute approximate surface area is 168 Å². The van der Waals surface area contributed by atoms with Gasteiger partial charge in [-0.15, -0.1) is 0 Å². The first kappa shape index (κ1) is 17.4. The van der Waals surface area contributed by atoms with Crippen molar-refractivity contribution in [2.75, 3.05) is 5.32 Å². The van der Waals surface area contributed by atoms with Crippen molar-refractivity contribution in [2.45, 2.75) is 19.8 Å². The zero-order valence-electron chi connectivity index (χ0n) is 16.6. The van der Waals surface area contributed by atoms with Gasteiger partial charge >= 0.3 is 0 Å². The molecule has 29 heavy (non-hydrogen) atoms. The Morgan fingerprint density at radius 3 is 2.55 bits per heavy atom. The van der Waals surface area contributed by atoms with Crippen molar-refractivity contribution < 1.29 is 0 Å². The van der Waals surface area contributed by atoms with Gasteiger partial charge in [0.1, 0.15) is 23.6 Å². The molecule has 0 fully saturated rings. The van der Waals surface area contributed by atoms with Crippen LogP contribution in [0.25, 0.3) is 33.5 Å². The van der Waals surface area contributed by atoms with E-state index in [4.69, 9.17) is 4.98 Å². The second-order valence-corrected chi connectivity index (χ2v) is 7.58. The van der Waals surface area contributed by atoms with Gasteiger partial charge in [-0.1, -0.05) is 38.1 Å². The van der Waals surface area contributed by atoms with E-state index in [2.05, 4.69) is 58.4 Å². The Kier molecular flexibility index (Phi) is 4.05. The molecule has 0 aliphatic carbocycles. The molecule has 0 spiro atoms. The van der Waals surface area contributed by atoms with Gasteiger partial charge in [-0.2, -0.15) is 0 Å². The molecule has 6 heteroatoms. The Balaban J connectivity index is 1.63. The first-order valence-electron chi connectivity index (χ1n) is 9.72. The summed E-state index contributed by atoms with van der Waals surface area (Å²) in [7, 11) is 1.99. The van der Waals surface area contributed by atoms with Crippen LogP contribution in [0.3, 0.4) is 0 Å². The number of benzene rings is 2. The lowest BCUT2D eigenvalue weighted by atomic mass is 10.0. The zero-order chi connectivity index (χ0) is 20.0. The standard InChI is InChI=1S/C23H22N6/c1-14(2)15-8-10-16(11-9-15)26-22-20-17(12-29(3)23(20)25-13-24-22)21-27-18-6-4-5-7-19(18)28-21/h4-14H,1-3H3,(H,27,28)(H,24,25,26). The number of para-hydroxylation sites is 2. The van der Waals surface area contributed by atoms with Crippen LogP contribution in [0.4, 0.5) is 11.5 Å². The number of aromatic nitrogens is 5. The number of aromatic amines is 1. The molecule has 2 N–H and O–H groups in total. The van der Waals surface area contributed by atoms with E-state index in [-0.39, 0.29) is 0 Å². The van der Waals surface area contributed by atoms with E-state index in [1.807, 2.05) is 42.1 Å². The highest BCUT2D eigenvalue weighted by atomic mass is 15.1. The largest absolute Gasteiger partial charge is 0.340 e. The van der Waals surface area contributed by atoms with Gasteiger partial charge in [-0.05, 0) is 35.7 Å². The lowest BCUT2D eigenvalue weighted by Crippen LogP contribution is -1.97. The molecule has 2 aromatic carbocycles. The molecule has 0 aliphatic rings. The number of imidazole rings is 1. The first-order chi connectivity index (χ1) is 14.1. The van der Waals surface area contributed by atoms with Gasteiger partial charge in [0.15, 0.2) is 0 Å². The quantitative estimate of drug-likeness (QED) is 0.438. The average Bonchev–Trinajstić information content (AvgIpc) is 3.30. The molecule has 0 amide bonds. The van der Waals surface area contributed by atoms with Gasteiger partial charge < -0.3 is 14.9 Å². The molecule has 0 radical (unpaired) electrons. The minimum Gasteiger partial charge on any atom is -0.340 e. The van der Waals surface area contributed by atoms with Crippen molar-refractivity contribution in [3.8, 4) is 11.4 Å². The van der Waals surface area contributed by atoms with Gasteiger partial charge in [0, 0.05) is 24.5 Å². The van der Waals surface area contributed by atoms with Gasteiger partial charge in [0.05, 0.1) is 16.4 Å². The van der Waals surface area contributed by atoms with Gasteiger partial charge in [0.2, 0.25) is 0 Å². The zero-order valence-corrected chi connectivity index (χ0v) is 16.6. The number of rotatable bonds is 4. The number of anilines is 2. The fraction of sp³-hybridized carbons (Fsp3) is 0.174. The molecule has 0 aliphatic heterocycles. The maximum Gasteiger partial charge on any atom is 0.145 e. The predicted molar refractivity (Wildman–Crippen MR) is 117 cm³/mol. The molecule has 0 unspecified atom stereocenters. The van der Waals surface area contributed by atoms with Gasteiger partial charge in [0.25, 0.3) is 0 Å². The van der Waals surface area contributed by atoms with Crippen molar-refractivity contribution in [2.24, 2.45) is 7.05 Å². The molecule has 3 heterocycles. The Morgan fingerprint density at radius 1 is 1.00 bits per heavy atom. The highest BCUT2D eigenvalue weighted by Gasteiger charge is 2.17. The third kappa shape index (κ3) is 3.02. The van der Waals surface area contributed by atoms with E-state index in [1.54, 1.807) is 6.33 Å². The maximum absolute atomic E-state index is 4.77. The van der Waals surface area contributed by atoms with E-state index >= 15 is 0 Å². The summed E-state index contributed by atoms with van der Waals surface area (Å²) in [6.45, 7) is 4.39. The SMILES string of the molecule is CC(C)c1ccc(Nc2ncnc3c2c(-c2nc4ccccc4[nH]2)cn3C)cc1. The van der Waals surface area contributed by atoms with Crippen molar-refractivity contribution in [3.05, 3.63) is 66.6 Å². The Hall–Kier alpha value is -3.67. The smallest absolute Gasteiger partial charge is 0.145 e.